The molecule has 0 saturated carbocycles. The number of H-pyrrole nitrogens is 1. The average molecular weight is 348 g/mol. The van der Waals surface area contributed by atoms with Gasteiger partial charge in [-0.3, -0.25) is 4.79 Å². The summed E-state index contributed by atoms with van der Waals surface area (Å²) >= 11 is 0. The fourth-order valence-electron chi connectivity index (χ4n) is 3.90. The lowest BCUT2D eigenvalue weighted by molar-refractivity contribution is -0.129. The Hall–Kier alpha value is -2.02. The number of nitrogens with one attached hydrogen (secondary N) is 1. The average Bonchev–Trinajstić information content (AvgIpc) is 3.23. The van der Waals surface area contributed by atoms with Crippen LogP contribution in [0.15, 0.2) is 24.4 Å². The molecular formula is C17H20N2O4S. The van der Waals surface area contributed by atoms with E-state index >= 15 is 0 Å². The summed E-state index contributed by atoms with van der Waals surface area (Å²) in [4.78, 5) is 17.5. The summed E-state index contributed by atoms with van der Waals surface area (Å²) in [6.07, 6.45) is 2.80. The standard InChI is InChI=1S/C17H20N2O4S/c1-23-13-2-3-15-14(7-13)12(8-18-15)6-17(20)19-9-11-4-5-24(21,22)16(11)10-19/h2-3,7-8,11,16,18H,4-6,9-10H2,1H3/t11-,16+/m0/s1. The molecule has 128 valence electrons. The zero-order chi connectivity index (χ0) is 16.9. The summed E-state index contributed by atoms with van der Waals surface area (Å²) in [5.74, 6) is 1.12. The van der Waals surface area contributed by atoms with Gasteiger partial charge < -0.3 is 14.6 Å². The topological polar surface area (TPSA) is 79.5 Å². The molecule has 0 radical (unpaired) electrons. The van der Waals surface area contributed by atoms with Crippen LogP contribution in [0.3, 0.4) is 0 Å². The van der Waals surface area contributed by atoms with Crippen LogP contribution in [0.5, 0.6) is 5.75 Å². The van der Waals surface area contributed by atoms with E-state index in [2.05, 4.69) is 4.98 Å². The van der Waals surface area contributed by atoms with Gasteiger partial charge in [0.2, 0.25) is 5.91 Å². The monoisotopic (exact) mass is 348 g/mol. The third-order valence-electron chi connectivity index (χ3n) is 5.28. The minimum atomic E-state index is -3.01. The molecule has 2 atom stereocenters. The van der Waals surface area contributed by atoms with Gasteiger partial charge in [0.1, 0.15) is 5.75 Å². The molecule has 2 aliphatic rings. The Morgan fingerprint density at radius 3 is 2.96 bits per heavy atom. The molecule has 7 heteroatoms. The lowest BCUT2D eigenvalue weighted by atomic mass is 10.1. The maximum Gasteiger partial charge on any atom is 0.227 e. The van der Waals surface area contributed by atoms with Gasteiger partial charge in [0, 0.05) is 30.2 Å². The zero-order valence-electron chi connectivity index (χ0n) is 13.5. The molecule has 1 N–H and O–H groups in total. The predicted octanol–water partition coefficient (Wildman–Crippen LogP) is 1.36. The third-order valence-corrected chi connectivity index (χ3v) is 7.55. The summed E-state index contributed by atoms with van der Waals surface area (Å²) in [6.45, 7) is 0.909. The van der Waals surface area contributed by atoms with Crippen molar-refractivity contribution in [3.05, 3.63) is 30.0 Å². The van der Waals surface area contributed by atoms with Crippen molar-refractivity contribution in [2.45, 2.75) is 18.1 Å². The summed E-state index contributed by atoms with van der Waals surface area (Å²) in [5.41, 5.74) is 1.87. The van der Waals surface area contributed by atoms with Crippen molar-refractivity contribution >= 4 is 26.6 Å². The highest BCUT2D eigenvalue weighted by molar-refractivity contribution is 7.92. The highest BCUT2D eigenvalue weighted by Crippen LogP contribution is 2.34. The lowest BCUT2D eigenvalue weighted by Crippen LogP contribution is -2.33. The molecule has 0 spiro atoms. The van der Waals surface area contributed by atoms with E-state index in [-0.39, 0.29) is 29.2 Å². The number of likely N-dealkylation sites (tertiary alicyclic amines) is 1. The first kappa shape index (κ1) is 15.5. The molecule has 1 amide bonds. The van der Waals surface area contributed by atoms with Crippen LogP contribution in [0.1, 0.15) is 12.0 Å². The number of methoxy groups -OCH3 is 1. The van der Waals surface area contributed by atoms with E-state index in [0.29, 0.717) is 19.5 Å². The van der Waals surface area contributed by atoms with Crippen molar-refractivity contribution < 1.29 is 17.9 Å². The van der Waals surface area contributed by atoms with Crippen molar-refractivity contribution in [2.75, 3.05) is 26.0 Å². The largest absolute Gasteiger partial charge is 0.497 e. The molecule has 6 nitrogen and oxygen atoms in total. The molecule has 0 unspecified atom stereocenters. The number of carbonyl (C=O) groups excluding carboxylic acids is 1. The highest BCUT2D eigenvalue weighted by atomic mass is 32.2. The normalized spacial score (nSPS) is 25.1. The molecule has 4 rings (SSSR count). The van der Waals surface area contributed by atoms with Crippen LogP contribution >= 0.6 is 0 Å². The Morgan fingerprint density at radius 2 is 2.21 bits per heavy atom. The first-order valence-corrected chi connectivity index (χ1v) is 9.83. The van der Waals surface area contributed by atoms with Crippen molar-refractivity contribution in [2.24, 2.45) is 5.92 Å². The van der Waals surface area contributed by atoms with Gasteiger partial charge in [0.05, 0.1) is 24.5 Å². The van der Waals surface area contributed by atoms with Crippen LogP contribution in [-0.4, -0.2) is 55.4 Å². The number of aromatic nitrogens is 1. The second kappa shape index (κ2) is 5.51. The number of benzene rings is 1. The van der Waals surface area contributed by atoms with E-state index in [1.807, 2.05) is 24.4 Å². The number of hydrogen-bond acceptors (Lipinski definition) is 4. The maximum absolute atomic E-state index is 12.6. The van der Waals surface area contributed by atoms with E-state index in [0.717, 1.165) is 22.2 Å². The summed E-state index contributed by atoms with van der Waals surface area (Å²) in [7, 11) is -1.40. The van der Waals surface area contributed by atoms with Gasteiger partial charge in [0.25, 0.3) is 0 Å². The SMILES string of the molecule is COc1ccc2[nH]cc(CC(=O)N3C[C@@H]4CCS(=O)(=O)[C@@H]4C3)c2c1. The van der Waals surface area contributed by atoms with Crippen molar-refractivity contribution in [3.63, 3.8) is 0 Å². The van der Waals surface area contributed by atoms with Crippen LogP contribution in [0.4, 0.5) is 0 Å². The fraction of sp³-hybridized carbons (Fsp3) is 0.471. The number of rotatable bonds is 3. The Kier molecular flexibility index (Phi) is 3.56. The number of sulfone groups is 1. The van der Waals surface area contributed by atoms with Gasteiger partial charge in [-0.25, -0.2) is 8.42 Å². The molecule has 0 aliphatic carbocycles. The number of hydrogen-bond donors (Lipinski definition) is 1. The predicted molar refractivity (Wildman–Crippen MR) is 90.8 cm³/mol. The van der Waals surface area contributed by atoms with Gasteiger partial charge in [-0.2, -0.15) is 0 Å². The number of nitrogens with zero attached hydrogens (tertiary/aromatic N) is 1. The molecule has 2 saturated heterocycles. The summed E-state index contributed by atoms with van der Waals surface area (Å²) in [5, 5.41) is 0.610. The minimum Gasteiger partial charge on any atom is -0.497 e. The van der Waals surface area contributed by atoms with E-state index in [1.54, 1.807) is 12.0 Å². The fourth-order valence-corrected chi connectivity index (χ4v) is 6.05. The Balaban J connectivity index is 1.53. The quantitative estimate of drug-likeness (QED) is 0.908. The molecular weight excluding hydrogens is 328 g/mol. The highest BCUT2D eigenvalue weighted by Gasteiger charge is 2.47. The first-order chi connectivity index (χ1) is 11.5. The molecule has 2 fully saturated rings. The third kappa shape index (κ3) is 2.47. The van der Waals surface area contributed by atoms with E-state index in [4.69, 9.17) is 4.74 Å². The van der Waals surface area contributed by atoms with Gasteiger partial charge in [-0.15, -0.1) is 0 Å². The van der Waals surface area contributed by atoms with E-state index in [1.165, 1.54) is 0 Å². The molecule has 0 bridgehead atoms. The molecule has 2 aliphatic heterocycles. The second-order valence-electron chi connectivity index (χ2n) is 6.66. The maximum atomic E-state index is 12.6. The molecule has 1 aromatic heterocycles. The number of ether oxygens (including phenoxy) is 1. The number of fused-ring (bicyclic) bond motifs is 2. The van der Waals surface area contributed by atoms with Crippen molar-refractivity contribution in [1.82, 2.24) is 9.88 Å². The van der Waals surface area contributed by atoms with Crippen molar-refractivity contribution in [3.8, 4) is 5.75 Å². The molecule has 24 heavy (non-hydrogen) atoms. The van der Waals surface area contributed by atoms with E-state index in [9.17, 15) is 13.2 Å². The van der Waals surface area contributed by atoms with Gasteiger partial charge >= 0.3 is 0 Å². The van der Waals surface area contributed by atoms with Gasteiger partial charge in [-0.05, 0) is 36.1 Å². The zero-order valence-corrected chi connectivity index (χ0v) is 14.3. The molecule has 3 heterocycles. The van der Waals surface area contributed by atoms with Gasteiger partial charge in [-0.1, -0.05) is 0 Å². The minimum absolute atomic E-state index is 0.0108. The van der Waals surface area contributed by atoms with Crippen LogP contribution in [-0.2, 0) is 21.1 Å². The number of amides is 1. The summed E-state index contributed by atoms with van der Waals surface area (Å²) < 4.78 is 29.3. The summed E-state index contributed by atoms with van der Waals surface area (Å²) in [6, 6.07) is 5.71. The van der Waals surface area contributed by atoms with Crippen molar-refractivity contribution in [1.29, 1.82) is 0 Å². The second-order valence-corrected chi connectivity index (χ2v) is 8.99. The van der Waals surface area contributed by atoms with Crippen LogP contribution in [0.2, 0.25) is 0 Å². The van der Waals surface area contributed by atoms with Gasteiger partial charge in [0.15, 0.2) is 9.84 Å². The Bertz CT molecular complexity index is 902. The first-order valence-electron chi connectivity index (χ1n) is 8.11. The lowest BCUT2D eigenvalue weighted by Gasteiger charge is -2.17. The van der Waals surface area contributed by atoms with E-state index < -0.39 is 9.84 Å². The number of aromatic amines is 1. The van der Waals surface area contributed by atoms with Crippen LogP contribution in [0, 0.1) is 5.92 Å². The molecule has 1 aromatic carbocycles. The smallest absolute Gasteiger partial charge is 0.227 e. The van der Waals surface area contributed by atoms with Crippen LogP contribution in [0.25, 0.3) is 10.9 Å². The number of carbonyl (C=O) groups is 1. The van der Waals surface area contributed by atoms with Crippen LogP contribution < -0.4 is 4.74 Å². The Labute approximate surface area is 140 Å². The Morgan fingerprint density at radius 1 is 1.38 bits per heavy atom. The molecule has 2 aromatic rings.